The molecule has 0 aromatic carbocycles. The van der Waals surface area contributed by atoms with Gasteiger partial charge >= 0.3 is 6.01 Å². The van der Waals surface area contributed by atoms with Crippen LogP contribution in [0.1, 0.15) is 29.0 Å². The third kappa shape index (κ3) is 2.10. The molecule has 16 heavy (non-hydrogen) atoms. The van der Waals surface area contributed by atoms with Crippen molar-refractivity contribution in [1.82, 2.24) is 15.0 Å². The number of aromatic amines is 1. The highest BCUT2D eigenvalue weighted by Gasteiger charge is 2.11. The first-order valence-corrected chi connectivity index (χ1v) is 4.96. The predicted molar refractivity (Wildman–Crippen MR) is 57.2 cm³/mol. The number of rotatable bonds is 3. The summed E-state index contributed by atoms with van der Waals surface area (Å²) in [7, 11) is 0. The van der Waals surface area contributed by atoms with Crippen LogP contribution in [0.4, 0.5) is 6.01 Å². The van der Waals surface area contributed by atoms with Crippen LogP contribution in [0.2, 0.25) is 0 Å². The van der Waals surface area contributed by atoms with Gasteiger partial charge < -0.3 is 9.40 Å². The second-order valence-corrected chi connectivity index (χ2v) is 3.32. The summed E-state index contributed by atoms with van der Waals surface area (Å²) < 4.78 is 5.25. The Labute approximate surface area is 92.1 Å². The molecule has 0 saturated heterocycles. The Kier molecular flexibility index (Phi) is 2.72. The summed E-state index contributed by atoms with van der Waals surface area (Å²) in [5, 5.41) is 2.54. The highest BCUT2D eigenvalue weighted by atomic mass is 16.4. The number of carbonyl (C=O) groups is 1. The Bertz CT molecular complexity index is 500. The Morgan fingerprint density at radius 3 is 2.88 bits per heavy atom. The van der Waals surface area contributed by atoms with E-state index in [1.54, 1.807) is 13.1 Å². The number of hydrogen-bond acceptors (Lipinski definition) is 4. The van der Waals surface area contributed by atoms with Crippen LogP contribution in [-0.4, -0.2) is 20.9 Å². The van der Waals surface area contributed by atoms with E-state index in [0.29, 0.717) is 11.5 Å². The van der Waals surface area contributed by atoms with Gasteiger partial charge in [-0.25, -0.2) is 9.97 Å². The molecule has 2 heterocycles. The standard InChI is InChI=1S/C10H12N4O2/c1-3-7-4-12-10(16-7)14-9(15)8-5-11-6(2)13-8/h4-5H,3H2,1-2H3,(H,11,13)(H,12,14,15). The van der Waals surface area contributed by atoms with E-state index in [-0.39, 0.29) is 11.9 Å². The van der Waals surface area contributed by atoms with Crippen molar-refractivity contribution in [2.45, 2.75) is 20.3 Å². The summed E-state index contributed by atoms with van der Waals surface area (Å²) in [6.45, 7) is 3.72. The second kappa shape index (κ2) is 4.18. The number of aromatic nitrogens is 3. The minimum absolute atomic E-state index is 0.203. The third-order valence-corrected chi connectivity index (χ3v) is 2.07. The molecule has 2 N–H and O–H groups in total. The fraction of sp³-hybridized carbons (Fsp3) is 0.300. The van der Waals surface area contributed by atoms with Gasteiger partial charge in [0.2, 0.25) is 0 Å². The van der Waals surface area contributed by atoms with E-state index in [0.717, 1.165) is 12.2 Å². The van der Waals surface area contributed by atoms with Crippen molar-refractivity contribution in [3.63, 3.8) is 0 Å². The number of anilines is 1. The molecule has 0 aliphatic carbocycles. The third-order valence-electron chi connectivity index (χ3n) is 2.07. The predicted octanol–water partition coefficient (Wildman–Crippen LogP) is 1.52. The van der Waals surface area contributed by atoms with E-state index in [1.165, 1.54) is 6.20 Å². The monoisotopic (exact) mass is 220 g/mol. The number of carbonyl (C=O) groups excluding carboxylic acids is 1. The maximum absolute atomic E-state index is 11.6. The van der Waals surface area contributed by atoms with E-state index >= 15 is 0 Å². The van der Waals surface area contributed by atoms with Crippen LogP contribution >= 0.6 is 0 Å². The highest BCUT2D eigenvalue weighted by molar-refractivity contribution is 6.01. The maximum Gasteiger partial charge on any atom is 0.301 e. The van der Waals surface area contributed by atoms with Crippen LogP contribution in [0.3, 0.4) is 0 Å². The van der Waals surface area contributed by atoms with Gasteiger partial charge in [-0.2, -0.15) is 0 Å². The van der Waals surface area contributed by atoms with Gasteiger partial charge in [-0.05, 0) is 6.92 Å². The average Bonchev–Trinajstić information content (AvgIpc) is 2.87. The lowest BCUT2D eigenvalue weighted by Crippen LogP contribution is -2.12. The lowest BCUT2D eigenvalue weighted by Gasteiger charge is -1.96. The normalized spacial score (nSPS) is 10.4. The number of imidazole rings is 1. The van der Waals surface area contributed by atoms with Gasteiger partial charge in [0.1, 0.15) is 17.3 Å². The summed E-state index contributed by atoms with van der Waals surface area (Å²) in [6.07, 6.45) is 3.80. The van der Waals surface area contributed by atoms with Crippen LogP contribution in [0.25, 0.3) is 0 Å². The van der Waals surface area contributed by atoms with E-state index in [1.807, 2.05) is 6.92 Å². The lowest BCUT2D eigenvalue weighted by atomic mass is 10.4. The molecule has 1 amide bonds. The Hall–Kier alpha value is -2.11. The van der Waals surface area contributed by atoms with E-state index < -0.39 is 0 Å². The van der Waals surface area contributed by atoms with Gasteiger partial charge in [-0.15, -0.1) is 0 Å². The number of amides is 1. The first-order chi connectivity index (χ1) is 7.69. The molecule has 0 spiro atoms. The summed E-state index contributed by atoms with van der Waals surface area (Å²) in [5.74, 6) is 1.10. The Morgan fingerprint density at radius 2 is 2.31 bits per heavy atom. The molecule has 2 aromatic heterocycles. The molecule has 0 radical (unpaired) electrons. The molecule has 0 atom stereocenters. The van der Waals surface area contributed by atoms with Gasteiger partial charge in [0.05, 0.1) is 12.4 Å². The van der Waals surface area contributed by atoms with E-state index in [2.05, 4.69) is 20.3 Å². The van der Waals surface area contributed by atoms with Crippen molar-refractivity contribution in [2.24, 2.45) is 0 Å². The number of aryl methyl sites for hydroxylation is 2. The smallest absolute Gasteiger partial charge is 0.301 e. The molecule has 0 fully saturated rings. The van der Waals surface area contributed by atoms with Crippen LogP contribution in [-0.2, 0) is 6.42 Å². The zero-order valence-corrected chi connectivity index (χ0v) is 9.07. The van der Waals surface area contributed by atoms with Crippen LogP contribution < -0.4 is 5.32 Å². The van der Waals surface area contributed by atoms with E-state index in [4.69, 9.17) is 4.42 Å². The Morgan fingerprint density at radius 1 is 1.50 bits per heavy atom. The summed E-state index contributed by atoms with van der Waals surface area (Å²) in [4.78, 5) is 22.3. The summed E-state index contributed by atoms with van der Waals surface area (Å²) >= 11 is 0. The molecule has 0 bridgehead atoms. The number of oxazole rings is 1. The number of H-pyrrole nitrogens is 1. The summed E-state index contributed by atoms with van der Waals surface area (Å²) in [6, 6.07) is 0.203. The molecule has 2 aromatic rings. The molecule has 6 nitrogen and oxygen atoms in total. The fourth-order valence-corrected chi connectivity index (χ4v) is 1.23. The maximum atomic E-state index is 11.6. The molecule has 0 aliphatic heterocycles. The molecular weight excluding hydrogens is 208 g/mol. The first kappa shape index (κ1) is 10.4. The fourth-order valence-electron chi connectivity index (χ4n) is 1.23. The van der Waals surface area contributed by atoms with Gasteiger partial charge in [0.25, 0.3) is 5.91 Å². The highest BCUT2D eigenvalue weighted by Crippen LogP contribution is 2.10. The minimum Gasteiger partial charge on any atom is -0.428 e. The SMILES string of the molecule is CCc1cnc(NC(=O)c2cnc(C)[nH]2)o1. The molecule has 0 saturated carbocycles. The number of nitrogens with zero attached hydrogens (tertiary/aromatic N) is 2. The average molecular weight is 220 g/mol. The van der Waals surface area contributed by atoms with E-state index in [9.17, 15) is 4.79 Å². The molecule has 2 rings (SSSR count). The van der Waals surface area contributed by atoms with Crippen molar-refractivity contribution < 1.29 is 9.21 Å². The molecule has 0 aliphatic rings. The zero-order chi connectivity index (χ0) is 11.5. The molecule has 84 valence electrons. The molecular formula is C10H12N4O2. The van der Waals surface area contributed by atoms with Crippen LogP contribution in [0.5, 0.6) is 0 Å². The van der Waals surface area contributed by atoms with Gasteiger partial charge in [-0.3, -0.25) is 10.1 Å². The number of nitrogens with one attached hydrogen (secondary N) is 2. The van der Waals surface area contributed by atoms with Crippen LogP contribution in [0, 0.1) is 6.92 Å². The first-order valence-electron chi connectivity index (χ1n) is 4.96. The quantitative estimate of drug-likeness (QED) is 0.821. The van der Waals surface area contributed by atoms with Gasteiger partial charge in [0.15, 0.2) is 0 Å². The van der Waals surface area contributed by atoms with Crippen molar-refractivity contribution in [2.75, 3.05) is 5.32 Å². The number of hydrogen-bond donors (Lipinski definition) is 2. The van der Waals surface area contributed by atoms with Gasteiger partial charge in [-0.1, -0.05) is 6.92 Å². The second-order valence-electron chi connectivity index (χ2n) is 3.32. The van der Waals surface area contributed by atoms with Crippen molar-refractivity contribution in [3.8, 4) is 0 Å². The molecule has 0 unspecified atom stereocenters. The largest absolute Gasteiger partial charge is 0.428 e. The van der Waals surface area contributed by atoms with Crippen molar-refractivity contribution in [3.05, 3.63) is 29.7 Å². The minimum atomic E-state index is -0.315. The van der Waals surface area contributed by atoms with Crippen molar-refractivity contribution >= 4 is 11.9 Å². The summed E-state index contributed by atoms with van der Waals surface area (Å²) in [5.41, 5.74) is 0.383. The molecule has 6 heteroatoms. The lowest BCUT2D eigenvalue weighted by molar-refractivity contribution is 0.101. The van der Waals surface area contributed by atoms with Gasteiger partial charge in [0, 0.05) is 6.42 Å². The Balaban J connectivity index is 2.07. The van der Waals surface area contributed by atoms with Crippen LogP contribution in [0.15, 0.2) is 16.8 Å². The topological polar surface area (TPSA) is 83.8 Å². The zero-order valence-electron chi connectivity index (χ0n) is 9.07. The van der Waals surface area contributed by atoms with Crippen molar-refractivity contribution in [1.29, 1.82) is 0 Å².